The van der Waals surface area contributed by atoms with E-state index in [1.165, 1.54) is 18.2 Å². The molecule has 2 aromatic carbocycles. The molecule has 0 aliphatic heterocycles. The van der Waals surface area contributed by atoms with Gasteiger partial charge in [0.1, 0.15) is 5.57 Å². The van der Waals surface area contributed by atoms with Gasteiger partial charge in [0.05, 0.1) is 22.2 Å². The number of nitrogens with one attached hydrogen (secondary N) is 1. The number of benzene rings is 2. The van der Waals surface area contributed by atoms with Crippen molar-refractivity contribution in [2.45, 2.75) is 37.5 Å². The molecule has 1 fully saturated rings. The van der Waals surface area contributed by atoms with Gasteiger partial charge < -0.3 is 4.74 Å². The number of hydrogen-bond donors (Lipinski definition) is 1. The summed E-state index contributed by atoms with van der Waals surface area (Å²) in [6, 6.07) is 9.45. The maximum absolute atomic E-state index is 13.1. The number of fused-ring (bicyclic) bond motifs is 1. The van der Waals surface area contributed by atoms with Gasteiger partial charge in [-0.2, -0.15) is 0 Å². The molecule has 162 valence electrons. The summed E-state index contributed by atoms with van der Waals surface area (Å²) >= 11 is 6.42. The summed E-state index contributed by atoms with van der Waals surface area (Å²) in [5.41, 5.74) is 1.99. The highest BCUT2D eigenvalue weighted by Crippen LogP contribution is 2.48. The smallest absolute Gasteiger partial charge is 0.341 e. The normalized spacial score (nSPS) is 18.2. The molecule has 2 aromatic rings. The Morgan fingerprint density at radius 1 is 1.19 bits per heavy atom. The summed E-state index contributed by atoms with van der Waals surface area (Å²) in [4.78, 5) is 25.5. The number of aryl methyl sites for hydroxylation is 1. The average molecular weight is 460 g/mol. The zero-order valence-electron chi connectivity index (χ0n) is 17.1. The van der Waals surface area contributed by atoms with Gasteiger partial charge in [-0.1, -0.05) is 35.4 Å². The zero-order chi connectivity index (χ0) is 22.3. The Hall–Kier alpha value is -2.64. The van der Waals surface area contributed by atoms with Crippen molar-refractivity contribution >= 4 is 39.1 Å². The summed E-state index contributed by atoms with van der Waals surface area (Å²) in [5.74, 6) is -0.965. The molecule has 4 rings (SSSR count). The number of ketones is 1. The van der Waals surface area contributed by atoms with Crippen molar-refractivity contribution in [1.82, 2.24) is 0 Å². The first kappa shape index (κ1) is 21.6. The van der Waals surface area contributed by atoms with Crippen molar-refractivity contribution in [2.24, 2.45) is 5.92 Å². The van der Waals surface area contributed by atoms with Crippen LogP contribution in [0.1, 0.15) is 47.2 Å². The van der Waals surface area contributed by atoms with Crippen LogP contribution in [0.4, 0.5) is 5.69 Å². The fourth-order valence-electron chi connectivity index (χ4n) is 3.77. The summed E-state index contributed by atoms with van der Waals surface area (Å²) in [6.07, 6.45) is 3.65. The molecular weight excluding hydrogens is 438 g/mol. The summed E-state index contributed by atoms with van der Waals surface area (Å²) in [5, 5.41) is 0.195. The van der Waals surface area contributed by atoms with E-state index in [-0.39, 0.29) is 39.3 Å². The van der Waals surface area contributed by atoms with Crippen LogP contribution in [0, 0.1) is 12.8 Å². The summed E-state index contributed by atoms with van der Waals surface area (Å²) in [7, 11) is -3.90. The molecule has 0 spiro atoms. The van der Waals surface area contributed by atoms with Gasteiger partial charge in [0.25, 0.3) is 10.0 Å². The second kappa shape index (κ2) is 8.13. The fraction of sp³-hybridized carbons (Fsp3) is 0.304. The molecule has 1 atom stereocenters. The molecule has 1 saturated carbocycles. The van der Waals surface area contributed by atoms with E-state index in [1.54, 1.807) is 31.2 Å². The molecule has 0 aromatic heterocycles. The Balaban J connectivity index is 1.74. The van der Waals surface area contributed by atoms with Crippen LogP contribution >= 0.6 is 11.6 Å². The minimum absolute atomic E-state index is 0.0130. The lowest BCUT2D eigenvalue weighted by molar-refractivity contribution is -0.138. The molecule has 0 radical (unpaired) electrons. The van der Waals surface area contributed by atoms with E-state index in [0.717, 1.165) is 18.4 Å². The molecule has 0 bridgehead atoms. The van der Waals surface area contributed by atoms with E-state index in [9.17, 15) is 18.0 Å². The van der Waals surface area contributed by atoms with E-state index in [2.05, 4.69) is 4.72 Å². The number of esters is 1. The van der Waals surface area contributed by atoms with Gasteiger partial charge in [-0.05, 0) is 62.4 Å². The van der Waals surface area contributed by atoms with E-state index in [0.29, 0.717) is 11.5 Å². The van der Waals surface area contributed by atoms with Gasteiger partial charge in [0, 0.05) is 11.5 Å². The first-order valence-electron chi connectivity index (χ1n) is 10.1. The van der Waals surface area contributed by atoms with Gasteiger partial charge in [-0.25, -0.2) is 13.2 Å². The molecule has 6 nitrogen and oxygen atoms in total. The molecule has 0 saturated heterocycles. The number of carbonyl (C=O) groups excluding carboxylic acids is 2. The second-order valence-electron chi connectivity index (χ2n) is 7.83. The average Bonchev–Trinajstić information content (AvgIpc) is 3.55. The molecular formula is C23H22ClNO5S. The van der Waals surface area contributed by atoms with Crippen molar-refractivity contribution in [1.29, 1.82) is 0 Å². The number of ether oxygens (including phenoxy) is 1. The van der Waals surface area contributed by atoms with Gasteiger partial charge in [-0.3, -0.25) is 9.52 Å². The third kappa shape index (κ3) is 4.25. The minimum Gasteiger partial charge on any atom is -0.462 e. The van der Waals surface area contributed by atoms with Gasteiger partial charge in [0.15, 0.2) is 5.78 Å². The number of hydrogen-bond acceptors (Lipinski definition) is 5. The van der Waals surface area contributed by atoms with Crippen molar-refractivity contribution in [2.75, 3.05) is 11.3 Å². The lowest BCUT2D eigenvalue weighted by Crippen LogP contribution is -2.24. The van der Waals surface area contributed by atoms with Crippen LogP contribution in [0.3, 0.4) is 0 Å². The number of anilines is 1. The van der Waals surface area contributed by atoms with Crippen LogP contribution in [-0.2, 0) is 19.6 Å². The summed E-state index contributed by atoms with van der Waals surface area (Å²) in [6.45, 7) is 3.70. The third-order valence-corrected chi connectivity index (χ3v) is 7.23. The fourth-order valence-corrected chi connectivity index (χ4v) is 5.11. The number of rotatable bonds is 6. The van der Waals surface area contributed by atoms with Crippen molar-refractivity contribution in [3.8, 4) is 0 Å². The number of Topliss-reactive ketones (excluding diaryl/α,β-unsaturated/α-hetero) is 1. The van der Waals surface area contributed by atoms with Crippen LogP contribution in [-0.4, -0.2) is 26.8 Å². The van der Waals surface area contributed by atoms with Crippen LogP contribution in [0.5, 0.6) is 0 Å². The van der Waals surface area contributed by atoms with Crippen molar-refractivity contribution in [3.05, 3.63) is 69.8 Å². The number of carbonyl (C=O) groups is 2. The van der Waals surface area contributed by atoms with Crippen LogP contribution in [0.2, 0.25) is 5.02 Å². The maximum atomic E-state index is 13.1. The van der Waals surface area contributed by atoms with E-state index in [4.69, 9.17) is 16.3 Å². The highest BCUT2D eigenvalue weighted by molar-refractivity contribution is 7.92. The Morgan fingerprint density at radius 2 is 1.87 bits per heavy atom. The van der Waals surface area contributed by atoms with Crippen molar-refractivity contribution < 1.29 is 22.7 Å². The van der Waals surface area contributed by atoms with E-state index < -0.39 is 21.8 Å². The monoisotopic (exact) mass is 459 g/mol. The quantitative estimate of drug-likeness (QED) is 0.502. The second-order valence-corrected chi connectivity index (χ2v) is 9.92. The van der Waals surface area contributed by atoms with Crippen LogP contribution in [0.15, 0.2) is 52.9 Å². The predicted molar refractivity (Wildman–Crippen MR) is 118 cm³/mol. The van der Waals surface area contributed by atoms with Gasteiger partial charge in [0.2, 0.25) is 0 Å². The van der Waals surface area contributed by atoms with Crippen LogP contribution in [0.25, 0.3) is 0 Å². The Kier molecular flexibility index (Phi) is 5.66. The lowest BCUT2D eigenvalue weighted by atomic mass is 9.80. The topological polar surface area (TPSA) is 89.5 Å². The predicted octanol–water partition coefficient (Wildman–Crippen LogP) is 4.63. The van der Waals surface area contributed by atoms with E-state index in [1.807, 2.05) is 6.92 Å². The SMILES string of the molecule is CCOC(=O)C1=CC(C2CC2)c2cc(Cl)c(NS(=O)(=O)c3ccc(C)cc3)cc2C1=O. The van der Waals surface area contributed by atoms with E-state index >= 15 is 0 Å². The number of halogens is 1. The van der Waals surface area contributed by atoms with Crippen molar-refractivity contribution in [3.63, 3.8) is 0 Å². The van der Waals surface area contributed by atoms with Gasteiger partial charge >= 0.3 is 5.97 Å². The molecule has 0 heterocycles. The first-order valence-corrected chi connectivity index (χ1v) is 11.9. The largest absolute Gasteiger partial charge is 0.462 e. The highest BCUT2D eigenvalue weighted by atomic mass is 35.5. The molecule has 8 heteroatoms. The lowest BCUT2D eigenvalue weighted by Gasteiger charge is -2.24. The molecule has 1 N–H and O–H groups in total. The molecule has 1 unspecified atom stereocenters. The Morgan fingerprint density at radius 3 is 2.48 bits per heavy atom. The third-order valence-electron chi connectivity index (χ3n) is 5.53. The van der Waals surface area contributed by atoms with Gasteiger partial charge in [-0.15, -0.1) is 0 Å². The first-order chi connectivity index (χ1) is 14.7. The Bertz CT molecular complexity index is 1200. The summed E-state index contributed by atoms with van der Waals surface area (Å²) < 4.78 is 33.2. The molecule has 31 heavy (non-hydrogen) atoms. The minimum atomic E-state index is -3.90. The molecule has 2 aliphatic rings. The maximum Gasteiger partial charge on any atom is 0.341 e. The molecule has 0 amide bonds. The number of allylic oxidation sites excluding steroid dienone is 1. The standard InChI is InChI=1S/C23H22ClNO5S/c1-3-30-23(27)19-10-16(14-6-7-14)17-11-20(24)21(12-18(17)22(19)26)25-31(28,29)15-8-4-13(2)5-9-15/h4-5,8-12,14,16,25H,3,6-7H2,1-2H3. The van der Waals surface area contributed by atoms with Crippen LogP contribution < -0.4 is 4.72 Å². The molecule has 2 aliphatic carbocycles. The number of sulfonamides is 1. The zero-order valence-corrected chi connectivity index (χ0v) is 18.7. The Labute approximate surface area is 186 Å². The highest BCUT2D eigenvalue weighted by Gasteiger charge is 2.39.